The second kappa shape index (κ2) is 8.00. The molecular weight excluding hydrogens is 298 g/mol. The van der Waals surface area contributed by atoms with E-state index in [-0.39, 0.29) is 12.0 Å². The first-order valence-electron chi connectivity index (χ1n) is 7.27. The van der Waals surface area contributed by atoms with Crippen molar-refractivity contribution < 1.29 is 9.53 Å². The molecule has 0 aliphatic heterocycles. The summed E-state index contributed by atoms with van der Waals surface area (Å²) in [6, 6.07) is 5.46. The van der Waals surface area contributed by atoms with Crippen LogP contribution in [-0.2, 0) is 16.1 Å². The molecule has 5 nitrogen and oxygen atoms in total. The first kappa shape index (κ1) is 16.6. The summed E-state index contributed by atoms with van der Waals surface area (Å²) >= 11 is 1.55. The highest BCUT2D eigenvalue weighted by atomic mass is 32.1. The van der Waals surface area contributed by atoms with E-state index in [4.69, 9.17) is 4.74 Å². The Morgan fingerprint density at radius 1 is 1.41 bits per heavy atom. The molecule has 2 aromatic rings. The lowest BCUT2D eigenvalue weighted by Crippen LogP contribution is -2.38. The highest BCUT2D eigenvalue weighted by Gasteiger charge is 2.20. The molecule has 2 rings (SSSR count). The molecule has 0 saturated heterocycles. The molecular formula is C16H21N3O2S. The predicted octanol–water partition coefficient (Wildman–Crippen LogP) is 2.88. The predicted molar refractivity (Wildman–Crippen MR) is 87.4 cm³/mol. The van der Waals surface area contributed by atoms with Crippen LogP contribution in [0.3, 0.4) is 0 Å². The van der Waals surface area contributed by atoms with Crippen molar-refractivity contribution >= 4 is 17.3 Å². The summed E-state index contributed by atoms with van der Waals surface area (Å²) in [6.07, 6.45) is 2.49. The Labute approximate surface area is 134 Å². The molecule has 0 amide bonds. The highest BCUT2D eigenvalue weighted by Crippen LogP contribution is 2.21. The molecule has 22 heavy (non-hydrogen) atoms. The van der Waals surface area contributed by atoms with E-state index in [1.807, 2.05) is 23.6 Å². The van der Waals surface area contributed by atoms with Crippen LogP contribution in [0.1, 0.15) is 26.0 Å². The van der Waals surface area contributed by atoms with E-state index in [0.717, 1.165) is 22.8 Å². The fraction of sp³-hybridized carbons (Fsp3) is 0.438. The van der Waals surface area contributed by atoms with Crippen LogP contribution in [0.2, 0.25) is 0 Å². The van der Waals surface area contributed by atoms with Crippen LogP contribution in [0.5, 0.6) is 0 Å². The zero-order valence-corrected chi connectivity index (χ0v) is 13.9. The van der Waals surface area contributed by atoms with Gasteiger partial charge in [0.15, 0.2) is 0 Å². The van der Waals surface area contributed by atoms with Crippen molar-refractivity contribution in [2.75, 3.05) is 7.11 Å². The number of aromatic nitrogens is 2. The van der Waals surface area contributed by atoms with Crippen molar-refractivity contribution in [2.24, 2.45) is 5.92 Å². The van der Waals surface area contributed by atoms with E-state index in [9.17, 15) is 4.79 Å². The van der Waals surface area contributed by atoms with Gasteiger partial charge >= 0.3 is 5.97 Å². The Balaban J connectivity index is 1.98. The van der Waals surface area contributed by atoms with Gasteiger partial charge in [-0.25, -0.2) is 4.98 Å². The largest absolute Gasteiger partial charge is 0.468 e. The molecule has 0 aliphatic rings. The molecule has 6 heteroatoms. The van der Waals surface area contributed by atoms with Crippen molar-refractivity contribution in [1.82, 2.24) is 15.3 Å². The SMILES string of the molecule is COC(=O)C(CC(C)C)NCc1csc(-c2ccccn2)n1. The summed E-state index contributed by atoms with van der Waals surface area (Å²) in [5, 5.41) is 6.10. The lowest BCUT2D eigenvalue weighted by Gasteiger charge is -2.17. The van der Waals surface area contributed by atoms with Crippen LogP contribution in [-0.4, -0.2) is 29.1 Å². The summed E-state index contributed by atoms with van der Waals surface area (Å²) in [5.41, 5.74) is 1.77. The van der Waals surface area contributed by atoms with E-state index in [1.54, 1.807) is 17.5 Å². The van der Waals surface area contributed by atoms with Gasteiger partial charge in [0.25, 0.3) is 0 Å². The van der Waals surface area contributed by atoms with Crippen molar-refractivity contribution in [2.45, 2.75) is 32.9 Å². The highest BCUT2D eigenvalue weighted by molar-refractivity contribution is 7.13. The first-order chi connectivity index (χ1) is 10.6. The van der Waals surface area contributed by atoms with Gasteiger partial charge in [0.05, 0.1) is 18.5 Å². The van der Waals surface area contributed by atoms with E-state index in [1.165, 1.54) is 7.11 Å². The Bertz CT molecular complexity index is 598. The maximum absolute atomic E-state index is 11.8. The molecule has 2 heterocycles. The normalized spacial score (nSPS) is 12.4. The minimum absolute atomic E-state index is 0.228. The van der Waals surface area contributed by atoms with Gasteiger partial charge in [-0.15, -0.1) is 11.3 Å². The van der Waals surface area contributed by atoms with Crippen LogP contribution >= 0.6 is 11.3 Å². The van der Waals surface area contributed by atoms with E-state index < -0.39 is 0 Å². The number of pyridine rings is 1. The fourth-order valence-corrected chi connectivity index (χ4v) is 2.89. The monoisotopic (exact) mass is 319 g/mol. The number of hydrogen-bond acceptors (Lipinski definition) is 6. The third-order valence-electron chi connectivity index (χ3n) is 3.16. The molecule has 0 radical (unpaired) electrons. The van der Waals surface area contributed by atoms with Crippen LogP contribution in [0.25, 0.3) is 10.7 Å². The molecule has 0 bridgehead atoms. The maximum Gasteiger partial charge on any atom is 0.322 e. The molecule has 0 fully saturated rings. The zero-order valence-electron chi connectivity index (χ0n) is 13.1. The molecule has 0 saturated carbocycles. The molecule has 118 valence electrons. The average molecular weight is 319 g/mol. The topological polar surface area (TPSA) is 64.1 Å². The molecule has 2 aromatic heterocycles. The van der Waals surface area contributed by atoms with E-state index in [0.29, 0.717) is 12.5 Å². The average Bonchev–Trinajstić information content (AvgIpc) is 3.00. The summed E-state index contributed by atoms with van der Waals surface area (Å²) in [6.45, 7) is 4.70. The number of methoxy groups -OCH3 is 1. The molecule has 0 spiro atoms. The van der Waals surface area contributed by atoms with Gasteiger partial charge in [-0.1, -0.05) is 19.9 Å². The number of nitrogens with one attached hydrogen (secondary N) is 1. The number of thiazole rings is 1. The number of ether oxygens (including phenoxy) is 1. The smallest absolute Gasteiger partial charge is 0.322 e. The number of rotatable bonds is 7. The standard InChI is InChI=1S/C16H21N3O2S/c1-11(2)8-14(16(20)21-3)18-9-12-10-22-15(19-12)13-6-4-5-7-17-13/h4-7,10-11,14,18H,8-9H2,1-3H3. The van der Waals surface area contributed by atoms with Crippen LogP contribution in [0, 0.1) is 5.92 Å². The zero-order chi connectivity index (χ0) is 15.9. The van der Waals surface area contributed by atoms with Gasteiger partial charge in [-0.2, -0.15) is 0 Å². The van der Waals surface area contributed by atoms with Gasteiger partial charge < -0.3 is 4.74 Å². The van der Waals surface area contributed by atoms with Gasteiger partial charge in [-0.05, 0) is 24.5 Å². The quantitative estimate of drug-likeness (QED) is 0.795. The second-order valence-corrected chi connectivity index (χ2v) is 6.30. The van der Waals surface area contributed by atoms with Gasteiger partial charge in [0.1, 0.15) is 11.0 Å². The Hall–Kier alpha value is -1.79. The first-order valence-corrected chi connectivity index (χ1v) is 8.15. The van der Waals surface area contributed by atoms with Crippen molar-refractivity contribution in [3.8, 4) is 10.7 Å². The number of esters is 1. The molecule has 1 atom stereocenters. The van der Waals surface area contributed by atoms with Gasteiger partial charge in [0, 0.05) is 18.1 Å². The molecule has 1 unspecified atom stereocenters. The molecule has 1 N–H and O–H groups in total. The number of carbonyl (C=O) groups is 1. The fourth-order valence-electron chi connectivity index (χ4n) is 2.10. The Kier molecular flexibility index (Phi) is 6.03. The third kappa shape index (κ3) is 4.61. The van der Waals surface area contributed by atoms with Gasteiger partial charge in [0.2, 0.25) is 0 Å². The lowest BCUT2D eigenvalue weighted by molar-refractivity contribution is -0.143. The van der Waals surface area contributed by atoms with Crippen LogP contribution in [0.4, 0.5) is 0 Å². The van der Waals surface area contributed by atoms with Crippen molar-refractivity contribution in [3.63, 3.8) is 0 Å². The lowest BCUT2D eigenvalue weighted by atomic mass is 10.0. The molecule has 0 aromatic carbocycles. The minimum Gasteiger partial charge on any atom is -0.468 e. The van der Waals surface area contributed by atoms with Crippen molar-refractivity contribution in [1.29, 1.82) is 0 Å². The summed E-state index contributed by atoms with van der Waals surface area (Å²) in [4.78, 5) is 20.6. The third-order valence-corrected chi connectivity index (χ3v) is 4.07. The molecule has 0 aliphatic carbocycles. The Morgan fingerprint density at radius 3 is 2.86 bits per heavy atom. The number of nitrogens with zero attached hydrogens (tertiary/aromatic N) is 2. The van der Waals surface area contributed by atoms with E-state index >= 15 is 0 Å². The Morgan fingerprint density at radius 2 is 2.23 bits per heavy atom. The summed E-state index contributed by atoms with van der Waals surface area (Å²) in [7, 11) is 1.42. The summed E-state index contributed by atoms with van der Waals surface area (Å²) < 4.78 is 4.85. The van der Waals surface area contributed by atoms with Crippen molar-refractivity contribution in [3.05, 3.63) is 35.5 Å². The van der Waals surface area contributed by atoms with E-state index in [2.05, 4.69) is 29.1 Å². The minimum atomic E-state index is -0.301. The summed E-state index contributed by atoms with van der Waals surface area (Å²) in [5.74, 6) is 0.185. The van der Waals surface area contributed by atoms with Gasteiger partial charge in [-0.3, -0.25) is 15.1 Å². The number of hydrogen-bond donors (Lipinski definition) is 1. The van der Waals surface area contributed by atoms with Crippen LogP contribution < -0.4 is 5.32 Å². The number of carbonyl (C=O) groups excluding carboxylic acids is 1. The maximum atomic E-state index is 11.8. The van der Waals surface area contributed by atoms with Crippen LogP contribution in [0.15, 0.2) is 29.8 Å². The second-order valence-electron chi connectivity index (χ2n) is 5.45.